The maximum Gasteiger partial charge on any atom is 0.266 e. The van der Waals surface area contributed by atoms with Crippen molar-refractivity contribution in [3.05, 3.63) is 26.4 Å². The van der Waals surface area contributed by atoms with E-state index in [0.29, 0.717) is 16.0 Å². The Bertz CT molecular complexity index is 406. The molecular formula is C11H18IN3O2. The molecule has 0 aliphatic rings. The molecule has 6 heteroatoms. The van der Waals surface area contributed by atoms with Crippen molar-refractivity contribution in [3.8, 4) is 0 Å². The molecule has 0 aliphatic carbocycles. The molecule has 2 N–H and O–H groups in total. The van der Waals surface area contributed by atoms with Crippen LogP contribution in [0.5, 0.6) is 0 Å². The Balaban J connectivity index is 2.48. The average molecular weight is 351 g/mol. The van der Waals surface area contributed by atoms with Crippen LogP contribution in [0.3, 0.4) is 0 Å². The predicted molar refractivity (Wildman–Crippen MR) is 74.9 cm³/mol. The molecule has 0 saturated carbocycles. The summed E-state index contributed by atoms with van der Waals surface area (Å²) in [4.78, 5) is 15.6. The first-order valence-corrected chi connectivity index (χ1v) is 6.67. The van der Waals surface area contributed by atoms with Crippen LogP contribution in [0.15, 0.2) is 17.3 Å². The van der Waals surface area contributed by atoms with Crippen molar-refractivity contribution >= 4 is 22.6 Å². The number of halogens is 1. The van der Waals surface area contributed by atoms with Gasteiger partial charge in [-0.05, 0) is 35.1 Å². The zero-order chi connectivity index (χ0) is 12.8. The molecule has 0 spiro atoms. The molecule has 17 heavy (non-hydrogen) atoms. The van der Waals surface area contributed by atoms with Crippen molar-refractivity contribution in [1.82, 2.24) is 14.9 Å². The third kappa shape index (κ3) is 5.13. The van der Waals surface area contributed by atoms with Gasteiger partial charge in [0.2, 0.25) is 0 Å². The van der Waals surface area contributed by atoms with Gasteiger partial charge in [-0.1, -0.05) is 13.8 Å². The Hall–Kier alpha value is -0.470. The Morgan fingerprint density at radius 3 is 2.88 bits per heavy atom. The third-order valence-corrected chi connectivity index (χ3v) is 2.94. The van der Waals surface area contributed by atoms with Crippen LogP contribution in [-0.2, 0) is 6.54 Å². The Kier molecular flexibility index (Phi) is 6.07. The summed E-state index contributed by atoms with van der Waals surface area (Å²) in [5.74, 6) is 0.546. The van der Waals surface area contributed by atoms with Crippen LogP contribution in [0, 0.1) is 9.49 Å². The largest absolute Gasteiger partial charge is 0.390 e. The number of aliphatic hydroxyl groups excluding tert-OH is 1. The molecule has 1 heterocycles. The first kappa shape index (κ1) is 14.6. The highest BCUT2D eigenvalue weighted by Gasteiger charge is 2.08. The number of hydrogen-bond donors (Lipinski definition) is 2. The van der Waals surface area contributed by atoms with Crippen LogP contribution in [0.2, 0.25) is 0 Å². The van der Waals surface area contributed by atoms with Gasteiger partial charge in [0.05, 0.1) is 22.5 Å². The lowest BCUT2D eigenvalue weighted by molar-refractivity contribution is 0.148. The van der Waals surface area contributed by atoms with Crippen LogP contribution in [-0.4, -0.2) is 33.9 Å². The second-order valence-electron chi connectivity index (χ2n) is 4.41. The zero-order valence-corrected chi connectivity index (χ0v) is 12.2. The maximum atomic E-state index is 11.7. The smallest absolute Gasteiger partial charge is 0.266 e. The van der Waals surface area contributed by atoms with E-state index in [9.17, 15) is 9.90 Å². The second-order valence-corrected chi connectivity index (χ2v) is 5.57. The zero-order valence-electron chi connectivity index (χ0n) is 10.1. The minimum Gasteiger partial charge on any atom is -0.390 e. The molecule has 0 aliphatic heterocycles. The van der Waals surface area contributed by atoms with Crippen LogP contribution in [0.4, 0.5) is 0 Å². The van der Waals surface area contributed by atoms with Crippen LogP contribution < -0.4 is 10.9 Å². The lowest BCUT2D eigenvalue weighted by Crippen LogP contribution is -2.35. The summed E-state index contributed by atoms with van der Waals surface area (Å²) in [5.41, 5.74) is -0.108. The van der Waals surface area contributed by atoms with Gasteiger partial charge in [-0.2, -0.15) is 0 Å². The van der Waals surface area contributed by atoms with Crippen molar-refractivity contribution in [3.63, 3.8) is 0 Å². The van der Waals surface area contributed by atoms with Crippen molar-refractivity contribution in [2.45, 2.75) is 26.5 Å². The third-order valence-electron chi connectivity index (χ3n) is 2.20. The Morgan fingerprint density at radius 2 is 2.24 bits per heavy atom. The van der Waals surface area contributed by atoms with Gasteiger partial charge in [0.15, 0.2) is 0 Å². The van der Waals surface area contributed by atoms with E-state index in [-0.39, 0.29) is 12.1 Å². The van der Waals surface area contributed by atoms with Crippen LogP contribution >= 0.6 is 22.6 Å². The summed E-state index contributed by atoms with van der Waals surface area (Å²) >= 11 is 1.94. The normalized spacial score (nSPS) is 13.0. The van der Waals surface area contributed by atoms with Crippen molar-refractivity contribution in [1.29, 1.82) is 0 Å². The molecule has 1 atom stereocenters. The lowest BCUT2D eigenvalue weighted by atomic mass is 10.2. The van der Waals surface area contributed by atoms with Crippen molar-refractivity contribution in [2.24, 2.45) is 5.92 Å². The molecule has 0 bridgehead atoms. The van der Waals surface area contributed by atoms with E-state index in [1.54, 1.807) is 0 Å². The molecule has 1 unspecified atom stereocenters. The minimum atomic E-state index is -0.577. The minimum absolute atomic E-state index is 0.108. The van der Waals surface area contributed by atoms with Gasteiger partial charge in [-0.15, -0.1) is 0 Å². The standard InChI is InChI=1S/C11H18IN3O2/c1-8(2)3-13-4-9(16)6-15-7-14-5-10(12)11(15)17/h5,7-9,13,16H,3-4,6H2,1-2H3. The molecule has 0 radical (unpaired) electrons. The molecule has 0 amide bonds. The lowest BCUT2D eigenvalue weighted by Gasteiger charge is -2.14. The highest BCUT2D eigenvalue weighted by molar-refractivity contribution is 14.1. The Morgan fingerprint density at radius 1 is 1.53 bits per heavy atom. The summed E-state index contributed by atoms with van der Waals surface area (Å²) < 4.78 is 2.00. The summed E-state index contributed by atoms with van der Waals surface area (Å²) in [5, 5.41) is 12.9. The fourth-order valence-corrected chi connectivity index (χ4v) is 1.86. The SMILES string of the molecule is CC(C)CNCC(O)Cn1cncc(I)c1=O. The van der Waals surface area contributed by atoms with E-state index in [0.717, 1.165) is 6.54 Å². The van der Waals surface area contributed by atoms with Crippen molar-refractivity contribution in [2.75, 3.05) is 13.1 Å². The molecule has 1 aromatic rings. The van der Waals surface area contributed by atoms with Gasteiger partial charge in [0.25, 0.3) is 5.56 Å². The van der Waals surface area contributed by atoms with E-state index in [4.69, 9.17) is 0 Å². The van der Waals surface area contributed by atoms with Gasteiger partial charge < -0.3 is 10.4 Å². The fourth-order valence-electron chi connectivity index (χ4n) is 1.38. The van der Waals surface area contributed by atoms with E-state index in [1.165, 1.54) is 17.1 Å². The number of hydrogen-bond acceptors (Lipinski definition) is 4. The first-order chi connectivity index (χ1) is 8.00. The molecule has 1 aromatic heterocycles. The Labute approximate surface area is 114 Å². The maximum absolute atomic E-state index is 11.7. The quantitative estimate of drug-likeness (QED) is 0.731. The number of nitrogens with one attached hydrogen (secondary N) is 1. The van der Waals surface area contributed by atoms with E-state index < -0.39 is 6.10 Å². The average Bonchev–Trinajstić information content (AvgIpc) is 2.24. The molecular weight excluding hydrogens is 333 g/mol. The molecule has 0 fully saturated rings. The van der Waals surface area contributed by atoms with E-state index in [2.05, 4.69) is 24.1 Å². The monoisotopic (exact) mass is 351 g/mol. The summed E-state index contributed by atoms with van der Waals surface area (Å²) in [6, 6.07) is 0. The first-order valence-electron chi connectivity index (χ1n) is 5.59. The summed E-state index contributed by atoms with van der Waals surface area (Å²) in [6.07, 6.45) is 2.39. The molecule has 0 aromatic carbocycles. The van der Waals surface area contributed by atoms with Gasteiger partial charge in [0.1, 0.15) is 0 Å². The predicted octanol–water partition coefficient (Wildman–Crippen LogP) is 0.454. The van der Waals surface area contributed by atoms with Crippen molar-refractivity contribution < 1.29 is 5.11 Å². The number of nitrogens with zero attached hydrogens (tertiary/aromatic N) is 2. The number of rotatable bonds is 6. The molecule has 1 rings (SSSR count). The highest BCUT2D eigenvalue weighted by atomic mass is 127. The van der Waals surface area contributed by atoms with E-state index in [1.807, 2.05) is 22.6 Å². The summed E-state index contributed by atoms with van der Waals surface area (Å²) in [6.45, 7) is 5.82. The number of aromatic nitrogens is 2. The fraction of sp³-hybridized carbons (Fsp3) is 0.636. The molecule has 5 nitrogen and oxygen atoms in total. The van der Waals surface area contributed by atoms with Crippen LogP contribution in [0.25, 0.3) is 0 Å². The van der Waals surface area contributed by atoms with E-state index >= 15 is 0 Å². The van der Waals surface area contributed by atoms with Crippen LogP contribution in [0.1, 0.15) is 13.8 Å². The molecule has 0 saturated heterocycles. The summed E-state index contributed by atoms with van der Waals surface area (Å²) in [7, 11) is 0. The van der Waals surface area contributed by atoms with Gasteiger partial charge in [-0.3, -0.25) is 9.36 Å². The second kappa shape index (κ2) is 7.07. The number of aliphatic hydroxyl groups is 1. The highest BCUT2D eigenvalue weighted by Crippen LogP contribution is 1.95. The topological polar surface area (TPSA) is 67.2 Å². The van der Waals surface area contributed by atoms with Gasteiger partial charge in [0, 0.05) is 12.7 Å². The molecule has 96 valence electrons. The van der Waals surface area contributed by atoms with Gasteiger partial charge >= 0.3 is 0 Å². The van der Waals surface area contributed by atoms with Gasteiger partial charge in [-0.25, -0.2) is 4.98 Å².